The van der Waals surface area contributed by atoms with E-state index >= 15 is 0 Å². The Labute approximate surface area is 366 Å². The lowest BCUT2D eigenvalue weighted by Gasteiger charge is -2.20. The maximum absolute atomic E-state index is 13.9. The second kappa shape index (κ2) is 17.5. The summed E-state index contributed by atoms with van der Waals surface area (Å²) in [6.45, 7) is 0. The van der Waals surface area contributed by atoms with Gasteiger partial charge >= 0.3 is 0 Å². The van der Waals surface area contributed by atoms with Crippen LogP contribution in [0.1, 0.15) is 27.0 Å². The fourth-order valence-electron chi connectivity index (χ4n) is 5.83. The lowest BCUT2D eigenvalue weighted by atomic mass is 9.92. The van der Waals surface area contributed by atoms with Crippen LogP contribution in [0.5, 0.6) is 0 Å². The van der Waals surface area contributed by atoms with Crippen molar-refractivity contribution >= 4 is 121 Å². The number of nitrogens with one attached hydrogen (secondary N) is 1. The maximum atomic E-state index is 13.9. The molecule has 0 amide bonds. The number of nitro benzene ring substituents is 1. The summed E-state index contributed by atoms with van der Waals surface area (Å²) in [5, 5.41) is 30.1. The van der Waals surface area contributed by atoms with Crippen LogP contribution in [0, 0.1) is 10.1 Å². The zero-order chi connectivity index (χ0) is 47.8. The largest absolute Gasteiger partial charge is 0.399 e. The molecule has 11 N–H and O–H groups in total. The number of allylic oxidation sites excluding steroid dienone is 1. The first-order valence-electron chi connectivity index (χ1n) is 17.4. The zero-order valence-corrected chi connectivity index (χ0v) is 35.4. The van der Waals surface area contributed by atoms with Crippen molar-refractivity contribution in [2.45, 2.75) is 14.7 Å². The summed E-state index contributed by atoms with van der Waals surface area (Å²) in [4.78, 5) is 20.4. The molecule has 0 aromatic heterocycles. The van der Waals surface area contributed by atoms with E-state index in [0.29, 0.717) is 17.8 Å². The Kier molecular flexibility index (Phi) is 12.6. The van der Waals surface area contributed by atoms with Gasteiger partial charge in [-0.3, -0.25) is 38.5 Å². The SMILES string of the molecule is Nc1ccc(N=Nc2ccc(/C=C/c3ccc(N/N=C4/C(=O)c5c(cc(S(=O)(=O)O)c(N=Nc6ccc([N+](=O)[O-])cc6)c5N)C=C4S(=O)(=O)O)cc3S(=O)(=O)O)c(S(=O)(=O)O)c2)c(N)c1. The fourth-order valence-corrected chi connectivity index (χ4v) is 8.58. The van der Waals surface area contributed by atoms with E-state index in [1.807, 2.05) is 0 Å². The summed E-state index contributed by atoms with van der Waals surface area (Å²) in [7, 11) is -20.7. The molecule has 1 aliphatic carbocycles. The number of ketones is 1. The normalized spacial score (nSPS) is 14.3. The monoisotopic (exact) mass is 968 g/mol. The minimum atomic E-state index is -5.39. The van der Waals surface area contributed by atoms with Gasteiger partial charge in [0.15, 0.2) is 5.71 Å². The molecule has 336 valence electrons. The Morgan fingerprint density at radius 1 is 0.631 bits per heavy atom. The molecule has 6 rings (SSSR count). The van der Waals surface area contributed by atoms with E-state index in [2.05, 4.69) is 31.0 Å². The lowest BCUT2D eigenvalue weighted by molar-refractivity contribution is -0.384. The number of Topliss-reactive ketones (excluding diaryl/α,β-unsaturated/α-hetero) is 1. The molecule has 25 nitrogen and oxygen atoms in total. The standard InChI is InChI=1S/C36H28N10O15S4/c37-21-5-12-27(26(38)15-21)43-41-23-6-3-18(28(16-23)62(50,51)52)1-2-19-4-7-24(17-29(19)63(53,54)55)42-45-35-31(65(59,60)61)14-20-13-30(64(56,57)58)34(33(39)32(20)36(35)47)44-40-22-8-10-25(11-9-22)46(48)49/h1-17,42H,37-39H2,(H,50,51,52)(H,53,54,55)(H,56,57,58)(H,59,60,61)/b2-1+,43-41?,44-40?,45-35+. The van der Waals surface area contributed by atoms with Gasteiger partial charge in [-0.25, -0.2) is 0 Å². The van der Waals surface area contributed by atoms with Crippen molar-refractivity contribution in [3.8, 4) is 0 Å². The Morgan fingerprint density at radius 2 is 1.20 bits per heavy atom. The van der Waals surface area contributed by atoms with E-state index in [0.717, 1.165) is 60.7 Å². The van der Waals surface area contributed by atoms with Gasteiger partial charge < -0.3 is 17.2 Å². The van der Waals surface area contributed by atoms with Gasteiger partial charge in [0, 0.05) is 17.8 Å². The molecule has 0 heterocycles. The quantitative estimate of drug-likeness (QED) is 0.0168. The molecule has 5 aromatic carbocycles. The minimum Gasteiger partial charge on any atom is -0.399 e. The van der Waals surface area contributed by atoms with Crippen LogP contribution in [0.4, 0.5) is 51.2 Å². The molecule has 65 heavy (non-hydrogen) atoms. The average Bonchev–Trinajstić information content (AvgIpc) is 3.20. The Morgan fingerprint density at radius 3 is 1.77 bits per heavy atom. The van der Waals surface area contributed by atoms with E-state index in [-0.39, 0.29) is 45.3 Å². The second-order valence-corrected chi connectivity index (χ2v) is 18.8. The topological polar surface area (TPSA) is 430 Å². The molecule has 0 bridgehead atoms. The highest BCUT2D eigenvalue weighted by Gasteiger charge is 2.37. The summed E-state index contributed by atoms with van der Waals surface area (Å²) in [6, 6.07) is 15.7. The highest BCUT2D eigenvalue weighted by Crippen LogP contribution is 2.41. The van der Waals surface area contributed by atoms with Crippen LogP contribution < -0.4 is 22.6 Å². The molecule has 0 atom stereocenters. The summed E-state index contributed by atoms with van der Waals surface area (Å²) in [5.74, 6) is -1.39. The smallest absolute Gasteiger partial charge is 0.296 e. The molecule has 0 saturated heterocycles. The van der Waals surface area contributed by atoms with Crippen LogP contribution in [-0.4, -0.2) is 68.3 Å². The fraction of sp³-hybridized carbons (Fsp3) is 0. The third-order valence-electron chi connectivity index (χ3n) is 8.81. The molecule has 0 fully saturated rings. The minimum absolute atomic E-state index is 0.0511. The third kappa shape index (κ3) is 10.6. The molecule has 1 aliphatic rings. The molecule has 0 radical (unpaired) electrons. The number of hydrazone groups is 1. The van der Waals surface area contributed by atoms with E-state index in [9.17, 15) is 66.8 Å². The number of hydrogen-bond acceptors (Lipinski definition) is 20. The molecule has 0 saturated carbocycles. The predicted octanol–water partition coefficient (Wildman–Crippen LogP) is 5.98. The summed E-state index contributed by atoms with van der Waals surface area (Å²) in [6.07, 6.45) is 2.69. The molecule has 5 aromatic rings. The molecule has 0 unspecified atom stereocenters. The van der Waals surface area contributed by atoms with Crippen molar-refractivity contribution in [1.29, 1.82) is 0 Å². The van der Waals surface area contributed by atoms with Gasteiger partial charge in [-0.2, -0.15) is 49.0 Å². The van der Waals surface area contributed by atoms with Crippen molar-refractivity contribution < 1.29 is 61.6 Å². The molecule has 0 spiro atoms. The number of hydrogen-bond donors (Lipinski definition) is 8. The van der Waals surface area contributed by atoms with Gasteiger partial charge in [0.2, 0.25) is 5.78 Å². The summed E-state index contributed by atoms with van der Waals surface area (Å²) in [5.41, 5.74) is 15.4. The number of non-ortho nitro benzene ring substituents is 1. The number of fused-ring (bicyclic) bond motifs is 1. The van der Waals surface area contributed by atoms with Crippen LogP contribution in [-0.2, 0) is 40.5 Å². The number of benzene rings is 5. The number of nitrogen functional groups attached to an aromatic ring is 3. The van der Waals surface area contributed by atoms with Crippen LogP contribution >= 0.6 is 0 Å². The van der Waals surface area contributed by atoms with E-state index in [4.69, 9.17) is 17.2 Å². The van der Waals surface area contributed by atoms with E-state index < -0.39 is 99.0 Å². The van der Waals surface area contributed by atoms with Gasteiger partial charge in [-0.15, -0.1) is 10.2 Å². The molecular weight excluding hydrogens is 941 g/mol. The number of carbonyl (C=O) groups is 1. The van der Waals surface area contributed by atoms with Crippen molar-refractivity contribution in [2.75, 3.05) is 22.6 Å². The van der Waals surface area contributed by atoms with Crippen molar-refractivity contribution in [1.82, 2.24) is 0 Å². The van der Waals surface area contributed by atoms with Gasteiger partial charge in [0.1, 0.15) is 31.0 Å². The van der Waals surface area contributed by atoms with Gasteiger partial charge in [0.25, 0.3) is 46.2 Å². The number of anilines is 4. The van der Waals surface area contributed by atoms with Crippen LogP contribution in [0.15, 0.2) is 130 Å². The first kappa shape index (κ1) is 46.9. The Hall–Kier alpha value is -7.64. The average molecular weight is 969 g/mol. The van der Waals surface area contributed by atoms with Crippen molar-refractivity contribution in [2.24, 2.45) is 25.6 Å². The summed E-state index contributed by atoms with van der Waals surface area (Å²) < 4.78 is 140. The van der Waals surface area contributed by atoms with Crippen LogP contribution in [0.3, 0.4) is 0 Å². The van der Waals surface area contributed by atoms with Gasteiger partial charge in [0.05, 0.1) is 38.9 Å². The van der Waals surface area contributed by atoms with Crippen molar-refractivity contribution in [3.05, 3.63) is 122 Å². The number of nitro groups is 1. The number of azo groups is 2. The van der Waals surface area contributed by atoms with E-state index in [1.54, 1.807) is 0 Å². The lowest BCUT2D eigenvalue weighted by Crippen LogP contribution is -2.28. The number of nitrogens with two attached hydrogens (primary N) is 3. The molecular formula is C36H28N10O15S4. The van der Waals surface area contributed by atoms with Crippen LogP contribution in [0.25, 0.3) is 18.2 Å². The van der Waals surface area contributed by atoms with E-state index in [1.165, 1.54) is 30.3 Å². The molecule has 29 heteroatoms. The van der Waals surface area contributed by atoms with Crippen molar-refractivity contribution in [3.63, 3.8) is 0 Å². The Balaban J connectivity index is 1.36. The highest BCUT2D eigenvalue weighted by atomic mass is 32.2. The first-order valence-corrected chi connectivity index (χ1v) is 23.1. The predicted molar refractivity (Wildman–Crippen MR) is 234 cm³/mol. The number of rotatable bonds is 13. The summed E-state index contributed by atoms with van der Waals surface area (Å²) >= 11 is 0. The highest BCUT2D eigenvalue weighted by molar-refractivity contribution is 7.91. The number of carbonyl (C=O) groups excluding carboxylic acids is 1. The second-order valence-electron chi connectivity index (χ2n) is 13.2. The maximum Gasteiger partial charge on any atom is 0.296 e. The van der Waals surface area contributed by atoms with Gasteiger partial charge in [-0.1, -0.05) is 24.3 Å². The van der Waals surface area contributed by atoms with Crippen LogP contribution in [0.2, 0.25) is 0 Å². The molecule has 0 aliphatic heterocycles. The van der Waals surface area contributed by atoms with Gasteiger partial charge in [-0.05, 0) is 83.4 Å². The Bertz CT molecular complexity index is 3480. The first-order chi connectivity index (χ1) is 30.2. The third-order valence-corrected chi connectivity index (χ3v) is 12.4. The zero-order valence-electron chi connectivity index (χ0n) is 32.1. The number of nitrogens with zero attached hydrogens (tertiary/aromatic N) is 6.